The Kier molecular flexibility index (Phi) is 7.67. The van der Waals surface area contributed by atoms with Crippen molar-refractivity contribution in [2.75, 3.05) is 5.32 Å². The van der Waals surface area contributed by atoms with Crippen molar-refractivity contribution in [3.63, 3.8) is 0 Å². The summed E-state index contributed by atoms with van der Waals surface area (Å²) in [6.07, 6.45) is -1.36. The molecule has 42 heavy (non-hydrogen) atoms. The number of benzene rings is 1. The van der Waals surface area contributed by atoms with Crippen LogP contribution in [0.25, 0.3) is 21.3 Å². The van der Waals surface area contributed by atoms with Crippen LogP contribution in [0.2, 0.25) is 0 Å². The van der Waals surface area contributed by atoms with Gasteiger partial charge in [0.2, 0.25) is 0 Å². The number of nitrogens with one attached hydrogen (secondary N) is 1. The summed E-state index contributed by atoms with van der Waals surface area (Å²) in [4.78, 5) is 40.0. The molecule has 3 N–H and O–H groups in total. The Morgan fingerprint density at radius 1 is 1.21 bits per heavy atom. The number of aromatic nitrogens is 3. The van der Waals surface area contributed by atoms with Crippen LogP contribution in [0, 0.1) is 17.0 Å². The van der Waals surface area contributed by atoms with E-state index in [9.17, 15) is 28.5 Å². The number of nitrogens with two attached hydrogens (primary N) is 1. The van der Waals surface area contributed by atoms with Crippen LogP contribution in [0.5, 0.6) is 5.75 Å². The van der Waals surface area contributed by atoms with Crippen molar-refractivity contribution in [1.82, 2.24) is 14.8 Å². The molecular weight excluding hydrogens is 574 g/mol. The predicted molar refractivity (Wildman–Crippen MR) is 149 cm³/mol. The van der Waals surface area contributed by atoms with E-state index in [2.05, 4.69) is 15.4 Å². The van der Waals surface area contributed by atoms with Gasteiger partial charge in [-0.1, -0.05) is 0 Å². The van der Waals surface area contributed by atoms with E-state index in [1.54, 1.807) is 11.6 Å². The number of alkyl halides is 2. The number of rotatable bonds is 10. The van der Waals surface area contributed by atoms with E-state index in [0.29, 0.717) is 29.1 Å². The molecule has 0 saturated carbocycles. The summed E-state index contributed by atoms with van der Waals surface area (Å²) >= 11 is 0.788. The van der Waals surface area contributed by atoms with E-state index in [1.165, 1.54) is 48.7 Å². The summed E-state index contributed by atoms with van der Waals surface area (Å²) in [6.45, 7) is 4.12. The number of amides is 2. The van der Waals surface area contributed by atoms with E-state index < -0.39 is 28.9 Å². The molecule has 2 amide bonds. The molecule has 0 bridgehead atoms. The number of nitro benzene ring substituents is 1. The van der Waals surface area contributed by atoms with Crippen molar-refractivity contribution >= 4 is 44.7 Å². The third-order valence-corrected chi connectivity index (χ3v) is 7.47. The average Bonchev–Trinajstić information content (AvgIpc) is 3.68. The van der Waals surface area contributed by atoms with Crippen molar-refractivity contribution < 1.29 is 32.4 Å². The lowest BCUT2D eigenvalue weighted by Gasteiger charge is -2.10. The number of anilines is 1. The maximum Gasteiger partial charge on any atom is 0.291 e. The lowest BCUT2D eigenvalue weighted by atomic mass is 10.0. The number of pyridine rings is 1. The molecule has 0 unspecified atom stereocenters. The lowest BCUT2D eigenvalue weighted by Crippen LogP contribution is -2.16. The van der Waals surface area contributed by atoms with Gasteiger partial charge < -0.3 is 20.2 Å². The summed E-state index contributed by atoms with van der Waals surface area (Å²) in [5.41, 5.74) is 6.56. The molecule has 4 heterocycles. The Balaban J connectivity index is 1.47. The number of fused-ring (bicyclic) bond motifs is 1. The fourth-order valence-electron chi connectivity index (χ4n) is 4.34. The minimum Gasteiger partial charge on any atom is -0.486 e. The van der Waals surface area contributed by atoms with E-state index in [-0.39, 0.29) is 44.6 Å². The summed E-state index contributed by atoms with van der Waals surface area (Å²) in [7, 11) is 0. The molecule has 0 spiro atoms. The summed E-state index contributed by atoms with van der Waals surface area (Å²) < 4.78 is 40.4. The molecule has 0 saturated heterocycles. The van der Waals surface area contributed by atoms with Gasteiger partial charge in [0.15, 0.2) is 5.76 Å². The molecule has 12 nitrogen and oxygen atoms in total. The number of hydrogen-bond donors (Lipinski definition) is 2. The smallest absolute Gasteiger partial charge is 0.291 e. The number of ether oxygens (including phenoxy) is 1. The van der Waals surface area contributed by atoms with Crippen LogP contribution in [0.15, 0.2) is 53.1 Å². The molecule has 1 aromatic carbocycles. The number of carbonyl (C=O) groups excluding carboxylic acids is 2. The van der Waals surface area contributed by atoms with E-state index in [4.69, 9.17) is 14.9 Å². The molecule has 0 atom stereocenters. The van der Waals surface area contributed by atoms with Gasteiger partial charge in [-0.2, -0.15) is 5.10 Å². The van der Waals surface area contributed by atoms with Crippen LogP contribution in [0.1, 0.15) is 50.7 Å². The van der Waals surface area contributed by atoms with Crippen LogP contribution in [-0.2, 0) is 13.2 Å². The Morgan fingerprint density at radius 3 is 2.57 bits per heavy atom. The quantitative estimate of drug-likeness (QED) is 0.149. The van der Waals surface area contributed by atoms with Crippen molar-refractivity contribution in [3.8, 4) is 16.9 Å². The van der Waals surface area contributed by atoms with Crippen LogP contribution in [0.3, 0.4) is 0 Å². The van der Waals surface area contributed by atoms with Gasteiger partial charge in [0.25, 0.3) is 23.9 Å². The Labute approximate surface area is 239 Å². The van der Waals surface area contributed by atoms with Gasteiger partial charge in [0.1, 0.15) is 33.5 Å². The molecule has 5 aromatic rings. The van der Waals surface area contributed by atoms with Crippen LogP contribution in [-0.4, -0.2) is 31.5 Å². The maximum atomic E-state index is 13.8. The third-order valence-electron chi connectivity index (χ3n) is 6.37. The molecule has 0 fully saturated rings. The molecule has 0 aliphatic carbocycles. The highest BCUT2D eigenvalue weighted by atomic mass is 32.1. The number of furan rings is 1. The first kappa shape index (κ1) is 28.4. The summed E-state index contributed by atoms with van der Waals surface area (Å²) in [6, 6.07) is 9.55. The first-order chi connectivity index (χ1) is 20.1. The van der Waals surface area contributed by atoms with Crippen LogP contribution < -0.4 is 15.8 Å². The van der Waals surface area contributed by atoms with E-state index in [0.717, 1.165) is 11.3 Å². The highest BCUT2D eigenvalue weighted by molar-refractivity contribution is 7.21. The number of primary amides is 1. The molecule has 216 valence electrons. The molecular formula is C27H22F2N6O6S. The SMILES string of the molecule is CCn1ncc(-c2cc(C(F)F)nc3sc(C(N)=O)c(NC(=O)c4ccc(COc5ccc([N+](=O)[O-])cc5)o4)c23)c1C. The van der Waals surface area contributed by atoms with E-state index >= 15 is 0 Å². The number of non-ortho nitro benzene ring substituents is 1. The molecule has 0 radical (unpaired) electrons. The van der Waals surface area contributed by atoms with Gasteiger partial charge in [-0.3, -0.25) is 24.4 Å². The minimum absolute atomic E-state index is 0.0135. The number of thiophene rings is 1. The standard InChI is InChI=1S/C27H22F2N6O6S/c1-3-34-13(2)18(11-31-34)17-10-19(24(28)29)32-27-21(17)22(23(42-27)25(30)36)33-26(37)20-9-8-16(41-20)12-40-15-6-4-14(5-7-15)35(38)39/h4-11,24H,3,12H2,1-2H3,(H2,30,36)(H,33,37). The molecule has 5 rings (SSSR count). The van der Waals surface area contributed by atoms with Gasteiger partial charge in [-0.05, 0) is 49.7 Å². The Morgan fingerprint density at radius 2 is 1.95 bits per heavy atom. The normalized spacial score (nSPS) is 11.3. The van der Waals surface area contributed by atoms with Crippen LogP contribution >= 0.6 is 11.3 Å². The second-order valence-electron chi connectivity index (χ2n) is 8.97. The minimum atomic E-state index is -2.89. The number of aryl methyl sites for hydroxylation is 1. The third kappa shape index (κ3) is 5.41. The number of halogens is 2. The zero-order chi connectivity index (χ0) is 30.1. The summed E-state index contributed by atoms with van der Waals surface area (Å²) in [5, 5.41) is 18.0. The molecule has 15 heteroatoms. The van der Waals surface area contributed by atoms with Gasteiger partial charge in [-0.15, -0.1) is 11.3 Å². The average molecular weight is 597 g/mol. The van der Waals surface area contributed by atoms with Crippen LogP contribution in [0.4, 0.5) is 20.2 Å². The highest BCUT2D eigenvalue weighted by Gasteiger charge is 2.27. The van der Waals surface area contributed by atoms with Crippen molar-refractivity contribution in [3.05, 3.63) is 86.6 Å². The monoisotopic (exact) mass is 596 g/mol. The maximum absolute atomic E-state index is 13.8. The fraction of sp³-hybridized carbons (Fsp3) is 0.185. The number of nitrogens with zero attached hydrogens (tertiary/aromatic N) is 4. The number of nitro groups is 1. The fourth-order valence-corrected chi connectivity index (χ4v) is 5.35. The van der Waals surface area contributed by atoms with Crippen molar-refractivity contribution in [2.45, 2.75) is 33.4 Å². The molecule has 0 aliphatic rings. The first-order valence-electron chi connectivity index (χ1n) is 12.4. The van der Waals surface area contributed by atoms with E-state index in [1.807, 2.05) is 6.92 Å². The predicted octanol–water partition coefficient (Wildman–Crippen LogP) is 5.86. The van der Waals surface area contributed by atoms with Gasteiger partial charge in [0, 0.05) is 35.3 Å². The molecule has 0 aliphatic heterocycles. The second kappa shape index (κ2) is 11.4. The highest BCUT2D eigenvalue weighted by Crippen LogP contribution is 2.43. The van der Waals surface area contributed by atoms with Crippen molar-refractivity contribution in [1.29, 1.82) is 0 Å². The zero-order valence-electron chi connectivity index (χ0n) is 22.1. The Hall–Kier alpha value is -5.18. The largest absolute Gasteiger partial charge is 0.486 e. The number of hydrogen-bond acceptors (Lipinski definition) is 9. The zero-order valence-corrected chi connectivity index (χ0v) is 22.9. The second-order valence-corrected chi connectivity index (χ2v) is 9.96. The van der Waals surface area contributed by atoms with Gasteiger partial charge in [0.05, 0.1) is 16.8 Å². The number of carbonyl (C=O) groups is 2. The summed E-state index contributed by atoms with van der Waals surface area (Å²) in [5.74, 6) is -1.11. The topological polar surface area (TPSA) is 168 Å². The first-order valence-corrected chi connectivity index (χ1v) is 13.2. The Bertz CT molecular complexity index is 1830. The molecule has 4 aromatic heterocycles. The lowest BCUT2D eigenvalue weighted by molar-refractivity contribution is -0.384. The van der Waals surface area contributed by atoms with Crippen molar-refractivity contribution in [2.24, 2.45) is 5.73 Å². The van der Waals surface area contributed by atoms with Gasteiger partial charge >= 0.3 is 0 Å². The van der Waals surface area contributed by atoms with Gasteiger partial charge in [-0.25, -0.2) is 13.8 Å².